The van der Waals surface area contributed by atoms with Gasteiger partial charge in [-0.1, -0.05) is 12.2 Å². The fourth-order valence-corrected chi connectivity index (χ4v) is 1.46. The lowest BCUT2D eigenvalue weighted by atomic mass is 10.0. The maximum Gasteiger partial charge on any atom is 0.0358 e. The first-order valence-electron chi connectivity index (χ1n) is 4.25. The van der Waals surface area contributed by atoms with Crippen LogP contribution in [0, 0.1) is 0 Å². The van der Waals surface area contributed by atoms with Gasteiger partial charge in [0.25, 0.3) is 0 Å². The van der Waals surface area contributed by atoms with Crippen LogP contribution in [0.1, 0.15) is 18.0 Å². The molecule has 0 spiro atoms. The van der Waals surface area contributed by atoms with Gasteiger partial charge in [0.15, 0.2) is 0 Å². The quantitative estimate of drug-likeness (QED) is 0.696. The van der Waals surface area contributed by atoms with E-state index in [4.69, 9.17) is 0 Å². The van der Waals surface area contributed by atoms with Crippen molar-refractivity contribution >= 4 is 12.4 Å². The summed E-state index contributed by atoms with van der Waals surface area (Å²) in [6, 6.07) is 4.62. The van der Waals surface area contributed by atoms with Gasteiger partial charge in [0, 0.05) is 25.0 Å². The number of hydrogen-bond acceptors (Lipinski definition) is 2. The van der Waals surface area contributed by atoms with Crippen molar-refractivity contribution < 1.29 is 0 Å². The van der Waals surface area contributed by atoms with E-state index in [0.717, 1.165) is 13.0 Å². The molecule has 1 aliphatic rings. The Morgan fingerprint density at radius 2 is 2.00 bits per heavy atom. The molecule has 3 heteroatoms. The lowest BCUT2D eigenvalue weighted by Crippen LogP contribution is -2.23. The summed E-state index contributed by atoms with van der Waals surface area (Å²) in [6.45, 7) is 0.979. The minimum atomic E-state index is 0. The van der Waals surface area contributed by atoms with Gasteiger partial charge >= 0.3 is 0 Å². The lowest BCUT2D eigenvalue weighted by Gasteiger charge is -2.19. The van der Waals surface area contributed by atoms with Crippen LogP contribution in [0.25, 0.3) is 0 Å². The van der Waals surface area contributed by atoms with Gasteiger partial charge in [0.1, 0.15) is 0 Å². The Balaban J connectivity index is 0.000000845. The standard InChI is InChI=1S/C10H12N2.ClH/c1-2-6-12-10(3-1)9-4-7-11-8-5-9;/h1-2,4-5,7-8,10,12H,3,6H2;1H. The van der Waals surface area contributed by atoms with Crippen molar-refractivity contribution in [1.82, 2.24) is 10.3 Å². The van der Waals surface area contributed by atoms with Gasteiger partial charge in [0.2, 0.25) is 0 Å². The first kappa shape index (κ1) is 10.2. The number of pyridine rings is 1. The average molecular weight is 197 g/mol. The topological polar surface area (TPSA) is 24.9 Å². The van der Waals surface area contributed by atoms with E-state index in [1.54, 1.807) is 0 Å². The molecule has 1 aromatic heterocycles. The predicted molar refractivity (Wildman–Crippen MR) is 56.0 cm³/mol. The predicted octanol–water partition coefficient (Wildman–Crippen LogP) is 2.09. The number of nitrogens with zero attached hydrogens (tertiary/aromatic N) is 1. The first-order chi connectivity index (χ1) is 5.97. The SMILES string of the molecule is C1=CCC(c2ccncc2)NC1.Cl. The molecule has 0 fully saturated rings. The van der Waals surface area contributed by atoms with Crippen LogP contribution < -0.4 is 5.32 Å². The maximum absolute atomic E-state index is 3.99. The zero-order valence-corrected chi connectivity index (χ0v) is 8.13. The van der Waals surface area contributed by atoms with Gasteiger partial charge in [0.05, 0.1) is 0 Å². The van der Waals surface area contributed by atoms with Crippen LogP contribution >= 0.6 is 12.4 Å². The molecule has 1 aliphatic heterocycles. The highest BCUT2D eigenvalue weighted by Gasteiger charge is 2.09. The third kappa shape index (κ3) is 2.54. The summed E-state index contributed by atoms with van der Waals surface area (Å²) in [5.41, 5.74) is 1.33. The lowest BCUT2D eigenvalue weighted by molar-refractivity contribution is 0.554. The Morgan fingerprint density at radius 1 is 1.23 bits per heavy atom. The molecule has 0 aliphatic carbocycles. The molecule has 0 amide bonds. The normalized spacial score (nSPS) is 20.8. The summed E-state index contributed by atoms with van der Waals surface area (Å²) in [5, 5.41) is 3.42. The van der Waals surface area contributed by atoms with Crippen molar-refractivity contribution in [2.75, 3.05) is 6.54 Å². The Kier molecular flexibility index (Phi) is 3.93. The molecule has 1 aromatic rings. The summed E-state index contributed by atoms with van der Waals surface area (Å²) in [7, 11) is 0. The van der Waals surface area contributed by atoms with E-state index < -0.39 is 0 Å². The van der Waals surface area contributed by atoms with E-state index in [2.05, 4.69) is 34.6 Å². The zero-order valence-electron chi connectivity index (χ0n) is 7.31. The Morgan fingerprint density at radius 3 is 2.62 bits per heavy atom. The maximum atomic E-state index is 3.99. The van der Waals surface area contributed by atoms with Crippen molar-refractivity contribution in [3.8, 4) is 0 Å². The zero-order chi connectivity index (χ0) is 8.23. The molecule has 70 valence electrons. The number of aromatic nitrogens is 1. The van der Waals surface area contributed by atoms with Gasteiger partial charge in [-0.2, -0.15) is 0 Å². The molecule has 2 heterocycles. The molecule has 0 saturated heterocycles. The van der Waals surface area contributed by atoms with E-state index in [0.29, 0.717) is 6.04 Å². The number of nitrogens with one attached hydrogen (secondary N) is 1. The summed E-state index contributed by atoms with van der Waals surface area (Å²) in [6.07, 6.45) is 9.16. The molecular formula is C10H13ClN2. The average Bonchev–Trinajstić information content (AvgIpc) is 2.21. The molecule has 1 unspecified atom stereocenters. The third-order valence-electron chi connectivity index (χ3n) is 2.13. The van der Waals surface area contributed by atoms with Crippen molar-refractivity contribution in [3.05, 3.63) is 42.2 Å². The molecule has 13 heavy (non-hydrogen) atoms. The second-order valence-electron chi connectivity index (χ2n) is 2.95. The highest BCUT2D eigenvalue weighted by Crippen LogP contribution is 2.17. The summed E-state index contributed by atoms with van der Waals surface area (Å²) < 4.78 is 0. The van der Waals surface area contributed by atoms with E-state index in [1.165, 1.54) is 5.56 Å². The second-order valence-corrected chi connectivity index (χ2v) is 2.95. The van der Waals surface area contributed by atoms with Gasteiger partial charge in [-0.05, 0) is 24.1 Å². The first-order valence-corrected chi connectivity index (χ1v) is 4.25. The largest absolute Gasteiger partial charge is 0.306 e. The van der Waals surface area contributed by atoms with Crippen LogP contribution in [0.3, 0.4) is 0 Å². The number of hydrogen-bond donors (Lipinski definition) is 1. The third-order valence-corrected chi connectivity index (χ3v) is 2.13. The van der Waals surface area contributed by atoms with Crippen molar-refractivity contribution in [2.45, 2.75) is 12.5 Å². The van der Waals surface area contributed by atoms with Crippen molar-refractivity contribution in [3.63, 3.8) is 0 Å². The highest BCUT2D eigenvalue weighted by molar-refractivity contribution is 5.85. The molecule has 1 N–H and O–H groups in total. The Labute approximate surface area is 84.5 Å². The molecule has 1 atom stereocenters. The van der Waals surface area contributed by atoms with Gasteiger partial charge in [-0.15, -0.1) is 12.4 Å². The van der Waals surface area contributed by atoms with Crippen LogP contribution in [0.2, 0.25) is 0 Å². The second kappa shape index (κ2) is 5.00. The minimum Gasteiger partial charge on any atom is -0.306 e. The van der Waals surface area contributed by atoms with E-state index in [1.807, 2.05) is 12.4 Å². The van der Waals surface area contributed by atoms with Crippen LogP contribution in [-0.2, 0) is 0 Å². The smallest absolute Gasteiger partial charge is 0.0358 e. The van der Waals surface area contributed by atoms with E-state index in [-0.39, 0.29) is 12.4 Å². The van der Waals surface area contributed by atoms with E-state index in [9.17, 15) is 0 Å². The monoisotopic (exact) mass is 196 g/mol. The van der Waals surface area contributed by atoms with E-state index >= 15 is 0 Å². The highest BCUT2D eigenvalue weighted by atomic mass is 35.5. The summed E-state index contributed by atoms with van der Waals surface area (Å²) in [4.78, 5) is 3.99. The molecule has 0 radical (unpaired) electrons. The molecular weight excluding hydrogens is 184 g/mol. The van der Waals surface area contributed by atoms with Crippen LogP contribution in [-0.4, -0.2) is 11.5 Å². The fourth-order valence-electron chi connectivity index (χ4n) is 1.46. The summed E-state index contributed by atoms with van der Waals surface area (Å²) >= 11 is 0. The van der Waals surface area contributed by atoms with Gasteiger partial charge in [-0.3, -0.25) is 4.98 Å². The van der Waals surface area contributed by atoms with Crippen LogP contribution in [0.15, 0.2) is 36.7 Å². The fraction of sp³-hybridized carbons (Fsp3) is 0.300. The molecule has 2 rings (SSSR count). The van der Waals surface area contributed by atoms with Crippen LogP contribution in [0.4, 0.5) is 0 Å². The molecule has 2 nitrogen and oxygen atoms in total. The molecule has 0 saturated carbocycles. The minimum absolute atomic E-state index is 0. The number of halogens is 1. The van der Waals surface area contributed by atoms with Gasteiger partial charge in [-0.25, -0.2) is 0 Å². The summed E-state index contributed by atoms with van der Waals surface area (Å²) in [5.74, 6) is 0. The Hall–Kier alpha value is -0.860. The number of rotatable bonds is 1. The van der Waals surface area contributed by atoms with Crippen molar-refractivity contribution in [1.29, 1.82) is 0 Å². The van der Waals surface area contributed by atoms with Crippen molar-refractivity contribution in [2.24, 2.45) is 0 Å². The van der Waals surface area contributed by atoms with Crippen LogP contribution in [0.5, 0.6) is 0 Å². The Bertz CT molecular complexity index is 272. The van der Waals surface area contributed by atoms with Gasteiger partial charge < -0.3 is 5.32 Å². The molecule has 0 bridgehead atoms. The molecule has 0 aromatic carbocycles.